The van der Waals surface area contributed by atoms with Gasteiger partial charge in [0.15, 0.2) is 6.61 Å². The summed E-state index contributed by atoms with van der Waals surface area (Å²) in [6.45, 7) is -0.609. The van der Waals surface area contributed by atoms with Crippen LogP contribution in [0.1, 0.15) is 4.88 Å². The number of alkyl halides is 3. The Hall–Kier alpha value is -1.21. The molecule has 0 radical (unpaired) electrons. The minimum atomic E-state index is -4.32. The van der Waals surface area contributed by atoms with Crippen LogP contribution in [0.2, 0.25) is 0 Å². The van der Waals surface area contributed by atoms with Crippen molar-refractivity contribution in [1.82, 2.24) is 0 Å². The first-order chi connectivity index (χ1) is 9.42. The lowest BCUT2D eigenvalue weighted by Gasteiger charge is -2.10. The molecule has 1 N–H and O–H groups in total. The molecule has 0 aliphatic carbocycles. The van der Waals surface area contributed by atoms with Crippen molar-refractivity contribution in [3.8, 4) is 5.75 Å². The number of halogens is 4. The molecule has 20 heavy (non-hydrogen) atoms. The predicted molar refractivity (Wildman–Crippen MR) is 77.3 cm³/mol. The van der Waals surface area contributed by atoms with Crippen molar-refractivity contribution in [2.45, 2.75) is 12.7 Å². The SMILES string of the molecule is FC(F)(F)COc1ccc(NCc2cc(Br)cs2)cc1. The molecule has 0 amide bonds. The van der Waals surface area contributed by atoms with E-state index in [0.717, 1.165) is 15.0 Å². The molecule has 0 aliphatic heterocycles. The van der Waals surface area contributed by atoms with E-state index in [1.54, 1.807) is 23.5 Å². The second kappa shape index (κ2) is 6.49. The van der Waals surface area contributed by atoms with Gasteiger partial charge in [0, 0.05) is 27.0 Å². The lowest BCUT2D eigenvalue weighted by atomic mass is 10.3. The number of benzene rings is 1. The summed E-state index contributed by atoms with van der Waals surface area (Å²) in [6.07, 6.45) is -4.32. The van der Waals surface area contributed by atoms with Crippen LogP contribution in [0.3, 0.4) is 0 Å². The summed E-state index contributed by atoms with van der Waals surface area (Å²) < 4.78 is 41.6. The Morgan fingerprint density at radius 2 is 1.90 bits per heavy atom. The molecule has 0 aliphatic rings. The summed E-state index contributed by atoms with van der Waals surface area (Å²) >= 11 is 5.00. The number of anilines is 1. The van der Waals surface area contributed by atoms with Crippen molar-refractivity contribution in [3.05, 3.63) is 45.1 Å². The number of ether oxygens (including phenoxy) is 1. The molecule has 1 aromatic carbocycles. The van der Waals surface area contributed by atoms with E-state index in [-0.39, 0.29) is 5.75 Å². The van der Waals surface area contributed by atoms with Crippen molar-refractivity contribution < 1.29 is 17.9 Å². The molecule has 0 bridgehead atoms. The molecule has 0 spiro atoms. The molecule has 1 heterocycles. The van der Waals surface area contributed by atoms with Gasteiger partial charge in [-0.15, -0.1) is 11.3 Å². The molecule has 108 valence electrons. The molecule has 0 atom stereocenters. The Kier molecular flexibility index (Phi) is 4.93. The third-order valence-electron chi connectivity index (χ3n) is 2.35. The maximum atomic E-state index is 12.0. The van der Waals surface area contributed by atoms with Gasteiger partial charge in [-0.1, -0.05) is 0 Å². The Morgan fingerprint density at radius 1 is 1.20 bits per heavy atom. The van der Waals surface area contributed by atoms with E-state index in [1.165, 1.54) is 12.1 Å². The van der Waals surface area contributed by atoms with Crippen LogP contribution >= 0.6 is 27.3 Å². The van der Waals surface area contributed by atoms with E-state index in [0.29, 0.717) is 6.54 Å². The van der Waals surface area contributed by atoms with Crippen LogP contribution in [0, 0.1) is 0 Å². The zero-order valence-corrected chi connectivity index (χ0v) is 12.6. The molecule has 2 rings (SSSR count). The van der Waals surface area contributed by atoms with Crippen LogP contribution in [-0.4, -0.2) is 12.8 Å². The molecule has 2 nitrogen and oxygen atoms in total. The topological polar surface area (TPSA) is 21.3 Å². The summed E-state index contributed by atoms with van der Waals surface area (Å²) in [5, 5.41) is 5.18. The van der Waals surface area contributed by atoms with E-state index >= 15 is 0 Å². The van der Waals surface area contributed by atoms with Crippen molar-refractivity contribution in [2.24, 2.45) is 0 Å². The highest BCUT2D eigenvalue weighted by Crippen LogP contribution is 2.23. The van der Waals surface area contributed by atoms with Gasteiger partial charge in [0.25, 0.3) is 0 Å². The number of hydrogen-bond donors (Lipinski definition) is 1. The quantitative estimate of drug-likeness (QED) is 0.798. The zero-order chi connectivity index (χ0) is 14.6. The van der Waals surface area contributed by atoms with Crippen LogP contribution in [0.5, 0.6) is 5.75 Å². The molecule has 2 aromatic rings. The Morgan fingerprint density at radius 3 is 2.45 bits per heavy atom. The molecule has 0 fully saturated rings. The van der Waals surface area contributed by atoms with Gasteiger partial charge < -0.3 is 10.1 Å². The third-order valence-corrected chi connectivity index (χ3v) is 4.04. The Labute approximate surface area is 126 Å². The second-order valence-corrected chi connectivity index (χ2v) is 5.92. The fourth-order valence-electron chi connectivity index (χ4n) is 1.47. The van der Waals surface area contributed by atoms with Crippen molar-refractivity contribution in [2.75, 3.05) is 11.9 Å². The summed E-state index contributed by atoms with van der Waals surface area (Å²) in [7, 11) is 0. The molecule has 0 unspecified atom stereocenters. The molecule has 0 saturated carbocycles. The molecule has 0 saturated heterocycles. The largest absolute Gasteiger partial charge is 0.484 e. The van der Waals surface area contributed by atoms with Crippen molar-refractivity contribution >= 4 is 33.0 Å². The standard InChI is InChI=1S/C13H11BrF3NOS/c14-9-5-12(20-7-9)6-18-10-1-3-11(4-2-10)19-8-13(15,16)17/h1-5,7,18H,6,8H2. The van der Waals surface area contributed by atoms with Crippen LogP contribution in [0.15, 0.2) is 40.2 Å². The third kappa shape index (κ3) is 5.05. The molecule has 7 heteroatoms. The van der Waals surface area contributed by atoms with Gasteiger partial charge in [0.1, 0.15) is 5.75 Å². The van der Waals surface area contributed by atoms with Crippen molar-refractivity contribution in [3.63, 3.8) is 0 Å². The molecule has 1 aromatic heterocycles. The second-order valence-electron chi connectivity index (χ2n) is 4.01. The van der Waals surface area contributed by atoms with Crippen molar-refractivity contribution in [1.29, 1.82) is 0 Å². The maximum absolute atomic E-state index is 12.0. The highest BCUT2D eigenvalue weighted by atomic mass is 79.9. The summed E-state index contributed by atoms with van der Waals surface area (Å²) in [5.74, 6) is 0.201. The van der Waals surface area contributed by atoms with Gasteiger partial charge in [-0.05, 0) is 46.3 Å². The number of nitrogens with one attached hydrogen (secondary N) is 1. The lowest BCUT2D eigenvalue weighted by molar-refractivity contribution is -0.153. The minimum Gasteiger partial charge on any atom is -0.484 e. The first-order valence-electron chi connectivity index (χ1n) is 5.69. The van der Waals surface area contributed by atoms with Crippen LogP contribution in [0.4, 0.5) is 18.9 Å². The van der Waals surface area contributed by atoms with E-state index in [9.17, 15) is 13.2 Å². The van der Waals surface area contributed by atoms with Gasteiger partial charge in [0.2, 0.25) is 0 Å². The minimum absolute atomic E-state index is 0.201. The first-order valence-corrected chi connectivity index (χ1v) is 7.36. The van der Waals surface area contributed by atoms with E-state index in [4.69, 9.17) is 0 Å². The van der Waals surface area contributed by atoms with Gasteiger partial charge in [-0.3, -0.25) is 0 Å². The first kappa shape index (κ1) is 15.2. The van der Waals surface area contributed by atoms with E-state index in [1.807, 2.05) is 11.4 Å². The van der Waals surface area contributed by atoms with Crippen LogP contribution in [-0.2, 0) is 6.54 Å². The average molecular weight is 366 g/mol. The smallest absolute Gasteiger partial charge is 0.422 e. The summed E-state index contributed by atoms with van der Waals surface area (Å²) in [4.78, 5) is 1.16. The van der Waals surface area contributed by atoms with Gasteiger partial charge in [0.05, 0.1) is 0 Å². The Balaban J connectivity index is 1.85. The predicted octanol–water partition coefficient (Wildman–Crippen LogP) is 5.06. The van der Waals surface area contributed by atoms with Crippen LogP contribution in [0.25, 0.3) is 0 Å². The monoisotopic (exact) mass is 365 g/mol. The highest BCUT2D eigenvalue weighted by molar-refractivity contribution is 9.10. The zero-order valence-electron chi connectivity index (χ0n) is 10.2. The van der Waals surface area contributed by atoms with Crippen LogP contribution < -0.4 is 10.1 Å². The fraction of sp³-hybridized carbons (Fsp3) is 0.231. The number of hydrogen-bond acceptors (Lipinski definition) is 3. The highest BCUT2D eigenvalue weighted by Gasteiger charge is 2.28. The Bertz CT molecular complexity index is 553. The normalized spacial score (nSPS) is 11.4. The van der Waals surface area contributed by atoms with E-state index in [2.05, 4.69) is 26.0 Å². The summed E-state index contributed by atoms with van der Waals surface area (Å²) in [5.41, 5.74) is 0.828. The summed E-state index contributed by atoms with van der Waals surface area (Å²) in [6, 6.07) is 8.41. The molecular weight excluding hydrogens is 355 g/mol. The van der Waals surface area contributed by atoms with Gasteiger partial charge >= 0.3 is 6.18 Å². The number of rotatable bonds is 5. The number of thiophene rings is 1. The van der Waals surface area contributed by atoms with Gasteiger partial charge in [-0.2, -0.15) is 13.2 Å². The van der Waals surface area contributed by atoms with E-state index < -0.39 is 12.8 Å². The maximum Gasteiger partial charge on any atom is 0.422 e. The molecular formula is C13H11BrF3NOS. The van der Waals surface area contributed by atoms with Gasteiger partial charge in [-0.25, -0.2) is 0 Å². The fourth-order valence-corrected chi connectivity index (χ4v) is 2.86. The lowest BCUT2D eigenvalue weighted by Crippen LogP contribution is -2.19. The average Bonchev–Trinajstić information content (AvgIpc) is 2.80.